The fourth-order valence-electron chi connectivity index (χ4n) is 10.1. The second kappa shape index (κ2) is 12.8. The summed E-state index contributed by atoms with van der Waals surface area (Å²) in [6.45, 7) is 0. The van der Waals surface area contributed by atoms with Crippen LogP contribution in [0.1, 0.15) is 0 Å². The molecule has 0 saturated carbocycles. The highest BCUT2D eigenvalue weighted by molar-refractivity contribution is 6.17. The first-order chi connectivity index (χ1) is 29.7. The van der Waals surface area contributed by atoms with Gasteiger partial charge in [-0.15, -0.1) is 0 Å². The minimum absolute atomic E-state index is 1.16. The summed E-state index contributed by atoms with van der Waals surface area (Å²) in [5.74, 6) is 0. The molecule has 12 aromatic rings. The molecule has 2 nitrogen and oxygen atoms in total. The number of fused-ring (bicyclic) bond motifs is 9. The second-order valence-electron chi connectivity index (χ2n) is 16.1. The second-order valence-corrected chi connectivity index (χ2v) is 16.1. The molecule has 10 aromatic carbocycles. The molecule has 0 bridgehead atoms. The molecule has 0 radical (unpaired) electrons. The van der Waals surface area contributed by atoms with Crippen molar-refractivity contribution >= 4 is 54.4 Å². The monoisotopic (exact) mass is 760 g/mol. The van der Waals surface area contributed by atoms with Crippen LogP contribution < -0.4 is 0 Å². The molecule has 13 rings (SSSR count). The zero-order valence-corrected chi connectivity index (χ0v) is 32.7. The summed E-state index contributed by atoms with van der Waals surface area (Å²) in [6.07, 6.45) is 0. The van der Waals surface area contributed by atoms with E-state index in [0.717, 1.165) is 5.69 Å². The molecule has 1 aliphatic rings. The third-order valence-electron chi connectivity index (χ3n) is 12.8. The molecule has 60 heavy (non-hydrogen) atoms. The lowest BCUT2D eigenvalue weighted by Gasteiger charge is -2.11. The summed E-state index contributed by atoms with van der Waals surface area (Å²) < 4.78 is 4.79. The van der Waals surface area contributed by atoms with Crippen LogP contribution in [-0.4, -0.2) is 9.13 Å². The first kappa shape index (κ1) is 33.1. The Morgan fingerprint density at radius 3 is 1.30 bits per heavy atom. The topological polar surface area (TPSA) is 9.86 Å². The van der Waals surface area contributed by atoms with Gasteiger partial charge in [-0.05, 0) is 151 Å². The van der Waals surface area contributed by atoms with Gasteiger partial charge in [-0.25, -0.2) is 0 Å². The molecule has 0 N–H and O–H groups in total. The van der Waals surface area contributed by atoms with Crippen molar-refractivity contribution in [1.29, 1.82) is 0 Å². The van der Waals surface area contributed by atoms with E-state index < -0.39 is 0 Å². The van der Waals surface area contributed by atoms with Gasteiger partial charge in [0.15, 0.2) is 0 Å². The molecule has 0 fully saturated rings. The molecule has 278 valence electrons. The van der Waals surface area contributed by atoms with E-state index in [1.165, 1.54) is 116 Å². The van der Waals surface area contributed by atoms with Gasteiger partial charge in [0.1, 0.15) is 0 Å². The average molecular weight is 761 g/mol. The van der Waals surface area contributed by atoms with Crippen LogP contribution in [0.15, 0.2) is 218 Å². The highest BCUT2D eigenvalue weighted by Gasteiger charge is 2.22. The largest absolute Gasteiger partial charge is 0.309 e. The van der Waals surface area contributed by atoms with Crippen LogP contribution in [0, 0.1) is 0 Å². The number of rotatable bonds is 5. The summed E-state index contributed by atoms with van der Waals surface area (Å²) in [7, 11) is 0. The fourth-order valence-corrected chi connectivity index (χ4v) is 10.1. The third-order valence-corrected chi connectivity index (χ3v) is 12.8. The van der Waals surface area contributed by atoms with Crippen LogP contribution in [-0.2, 0) is 0 Å². The van der Waals surface area contributed by atoms with Crippen LogP contribution in [0.2, 0.25) is 0 Å². The predicted molar refractivity (Wildman–Crippen MR) is 253 cm³/mol. The molecule has 0 aliphatic heterocycles. The van der Waals surface area contributed by atoms with Gasteiger partial charge >= 0.3 is 0 Å². The molecule has 2 heterocycles. The van der Waals surface area contributed by atoms with Crippen LogP contribution >= 0.6 is 0 Å². The van der Waals surface area contributed by atoms with Gasteiger partial charge in [0.25, 0.3) is 0 Å². The standard InChI is InChI=1S/C58H36N2/c1-3-16-44(17-4-1)59-54-24-10-9-22-48(54)50-33-40(26-28-55(50)59)41-27-30-57-52(35-41)51-34-39(25-29-56(51)60(57)45-18-5-2-6-19-45)37-13-11-14-38(31-37)43-32-42-15-12-23-49-46-20-7-8-21-47(46)53(36-43)58(42)49/h1-36H. The molecule has 2 heteroatoms. The van der Waals surface area contributed by atoms with Gasteiger partial charge in [-0.2, -0.15) is 0 Å². The van der Waals surface area contributed by atoms with Crippen LogP contribution in [0.3, 0.4) is 0 Å². The molecular formula is C58H36N2. The maximum Gasteiger partial charge on any atom is 0.0541 e. The number of aromatic nitrogens is 2. The van der Waals surface area contributed by atoms with Crippen molar-refractivity contribution in [1.82, 2.24) is 9.13 Å². The smallest absolute Gasteiger partial charge is 0.0541 e. The Morgan fingerprint density at radius 1 is 0.233 bits per heavy atom. The van der Waals surface area contributed by atoms with Crippen molar-refractivity contribution in [3.05, 3.63) is 218 Å². The van der Waals surface area contributed by atoms with E-state index in [4.69, 9.17) is 0 Å². The van der Waals surface area contributed by atoms with Crippen LogP contribution in [0.5, 0.6) is 0 Å². The Morgan fingerprint density at radius 2 is 0.683 bits per heavy atom. The zero-order chi connectivity index (χ0) is 39.3. The number of hydrogen-bond acceptors (Lipinski definition) is 0. The van der Waals surface area contributed by atoms with Crippen molar-refractivity contribution in [3.8, 4) is 67.0 Å². The van der Waals surface area contributed by atoms with Gasteiger partial charge in [-0.1, -0.05) is 133 Å². The molecule has 0 unspecified atom stereocenters. The molecule has 2 aromatic heterocycles. The normalized spacial score (nSPS) is 12.0. The summed E-state index contributed by atoms with van der Waals surface area (Å²) in [6, 6.07) is 80.5. The molecule has 0 spiro atoms. The summed E-state index contributed by atoms with van der Waals surface area (Å²) in [5.41, 5.74) is 19.7. The number of nitrogens with zero attached hydrogens (tertiary/aromatic N) is 2. The fraction of sp³-hybridized carbons (Fsp3) is 0. The Bertz CT molecular complexity index is 3700. The van der Waals surface area contributed by atoms with Gasteiger partial charge in [0.2, 0.25) is 0 Å². The SMILES string of the molecule is c1ccc(-n2c3ccccc3c3cc(-c4ccc5c(c4)c4cc(-c6cccc(-c7cc8c9c(cccc9c7)-c7ccccc7-8)c6)ccc4n5-c4ccccc4)ccc32)cc1. The molecule has 1 aliphatic carbocycles. The highest BCUT2D eigenvalue weighted by atomic mass is 15.0. The Labute approximate surface area is 347 Å². The third kappa shape index (κ3) is 4.88. The first-order valence-electron chi connectivity index (χ1n) is 20.8. The Hall–Kier alpha value is -7.94. The predicted octanol–water partition coefficient (Wildman–Crippen LogP) is 15.7. The van der Waals surface area contributed by atoms with Crippen molar-refractivity contribution in [2.75, 3.05) is 0 Å². The van der Waals surface area contributed by atoms with Gasteiger partial charge < -0.3 is 9.13 Å². The number of benzene rings is 10. The lowest BCUT2D eigenvalue weighted by molar-refractivity contribution is 1.18. The van der Waals surface area contributed by atoms with Gasteiger partial charge in [-0.3, -0.25) is 0 Å². The highest BCUT2D eigenvalue weighted by Crippen LogP contribution is 2.49. The van der Waals surface area contributed by atoms with Crippen molar-refractivity contribution in [2.24, 2.45) is 0 Å². The van der Waals surface area contributed by atoms with E-state index >= 15 is 0 Å². The zero-order valence-electron chi connectivity index (χ0n) is 32.7. The van der Waals surface area contributed by atoms with E-state index in [2.05, 4.69) is 228 Å². The maximum atomic E-state index is 2.41. The Kier molecular flexibility index (Phi) is 7.05. The van der Waals surface area contributed by atoms with E-state index in [1.807, 2.05) is 0 Å². The van der Waals surface area contributed by atoms with E-state index in [9.17, 15) is 0 Å². The van der Waals surface area contributed by atoms with E-state index in [0.29, 0.717) is 0 Å². The van der Waals surface area contributed by atoms with Gasteiger partial charge in [0.05, 0.1) is 22.1 Å². The minimum atomic E-state index is 1.16. The summed E-state index contributed by atoms with van der Waals surface area (Å²) in [5, 5.41) is 7.64. The average Bonchev–Trinajstić information content (AvgIpc) is 3.95. The van der Waals surface area contributed by atoms with Gasteiger partial charge in [0, 0.05) is 32.9 Å². The first-order valence-corrected chi connectivity index (χ1v) is 20.8. The van der Waals surface area contributed by atoms with Crippen LogP contribution in [0.4, 0.5) is 0 Å². The lowest BCUT2D eigenvalue weighted by atomic mass is 9.94. The van der Waals surface area contributed by atoms with Crippen LogP contribution in [0.25, 0.3) is 121 Å². The number of para-hydroxylation sites is 3. The quantitative estimate of drug-likeness (QED) is 0.165. The van der Waals surface area contributed by atoms with Crippen molar-refractivity contribution < 1.29 is 0 Å². The van der Waals surface area contributed by atoms with Crippen molar-refractivity contribution in [3.63, 3.8) is 0 Å². The van der Waals surface area contributed by atoms with E-state index in [1.54, 1.807) is 0 Å². The lowest BCUT2D eigenvalue weighted by Crippen LogP contribution is -1.93. The van der Waals surface area contributed by atoms with E-state index in [-0.39, 0.29) is 0 Å². The molecule has 0 atom stereocenters. The molecular weight excluding hydrogens is 725 g/mol. The Balaban J connectivity index is 0.966. The molecule has 0 saturated heterocycles. The summed E-state index contributed by atoms with van der Waals surface area (Å²) >= 11 is 0. The summed E-state index contributed by atoms with van der Waals surface area (Å²) in [4.78, 5) is 0. The van der Waals surface area contributed by atoms with Crippen molar-refractivity contribution in [2.45, 2.75) is 0 Å². The minimum Gasteiger partial charge on any atom is -0.309 e. The number of hydrogen-bond donors (Lipinski definition) is 0. The molecule has 0 amide bonds. The maximum absolute atomic E-state index is 2.41.